The first-order valence-electron chi connectivity index (χ1n) is 12.6. The van der Waals surface area contributed by atoms with Crippen LogP contribution in [0.15, 0.2) is 30.3 Å². The minimum Gasteiger partial charge on any atom is -0.353 e. The summed E-state index contributed by atoms with van der Waals surface area (Å²) in [6.45, 7) is 9.03. The predicted molar refractivity (Wildman–Crippen MR) is 142 cm³/mol. The molecule has 9 nitrogen and oxygen atoms in total. The first-order valence-corrected chi connectivity index (χ1v) is 12.6. The van der Waals surface area contributed by atoms with Crippen LogP contribution in [0.25, 0.3) is 10.9 Å². The number of hydrogen-bond acceptors (Lipinski definition) is 6. The van der Waals surface area contributed by atoms with Crippen molar-refractivity contribution in [3.05, 3.63) is 58.5 Å². The van der Waals surface area contributed by atoms with Crippen LogP contribution in [-0.2, 0) is 29.7 Å². The smallest absolute Gasteiger partial charge is 0.256 e. The molecule has 0 atom stereocenters. The first-order chi connectivity index (χ1) is 17.7. The molecule has 1 aromatic heterocycles. The summed E-state index contributed by atoms with van der Waals surface area (Å²) >= 11 is 0. The van der Waals surface area contributed by atoms with E-state index in [1.54, 1.807) is 18.1 Å². The van der Waals surface area contributed by atoms with Crippen molar-refractivity contribution in [1.29, 1.82) is 0 Å². The van der Waals surface area contributed by atoms with Crippen LogP contribution in [0.5, 0.6) is 0 Å². The summed E-state index contributed by atoms with van der Waals surface area (Å²) in [5, 5.41) is 15.2. The van der Waals surface area contributed by atoms with E-state index < -0.39 is 0 Å². The molecule has 2 amide bonds. The van der Waals surface area contributed by atoms with E-state index in [9.17, 15) is 14.0 Å². The van der Waals surface area contributed by atoms with Gasteiger partial charge in [0.05, 0.1) is 24.3 Å². The van der Waals surface area contributed by atoms with Crippen molar-refractivity contribution in [3.63, 3.8) is 0 Å². The molecule has 4 rings (SSSR count). The fraction of sp³-hybridized carbons (Fsp3) is 0.444. The van der Waals surface area contributed by atoms with Crippen molar-refractivity contribution < 1.29 is 14.0 Å². The lowest BCUT2D eigenvalue weighted by atomic mass is 10.1. The molecule has 2 heterocycles. The van der Waals surface area contributed by atoms with Crippen LogP contribution >= 0.6 is 0 Å². The number of carbonyl (C=O) groups is 2. The van der Waals surface area contributed by atoms with Gasteiger partial charge in [0.15, 0.2) is 0 Å². The second kappa shape index (κ2) is 11.3. The molecular formula is C27H36FN7O2. The number of hydrazine groups is 1. The van der Waals surface area contributed by atoms with Gasteiger partial charge in [-0.05, 0) is 61.3 Å². The van der Waals surface area contributed by atoms with Gasteiger partial charge in [-0.2, -0.15) is 5.10 Å². The molecule has 3 aromatic rings. The van der Waals surface area contributed by atoms with E-state index in [1.165, 1.54) is 12.1 Å². The Hall–Kier alpha value is -3.50. The second-order valence-electron chi connectivity index (χ2n) is 9.58. The molecule has 0 spiro atoms. The van der Waals surface area contributed by atoms with Crippen LogP contribution in [0.3, 0.4) is 0 Å². The van der Waals surface area contributed by atoms with Gasteiger partial charge in [-0.1, -0.05) is 13.0 Å². The molecule has 0 saturated heterocycles. The number of aromatic nitrogens is 2. The van der Waals surface area contributed by atoms with Crippen molar-refractivity contribution in [2.24, 2.45) is 7.05 Å². The van der Waals surface area contributed by atoms with E-state index in [4.69, 9.17) is 0 Å². The number of nitrogens with zero attached hydrogens (tertiary/aromatic N) is 5. The maximum absolute atomic E-state index is 13.7. The van der Waals surface area contributed by atoms with Gasteiger partial charge in [-0.15, -0.1) is 0 Å². The fourth-order valence-electron chi connectivity index (χ4n) is 4.82. The van der Waals surface area contributed by atoms with Gasteiger partial charge in [0, 0.05) is 51.3 Å². The number of likely N-dealkylation sites (N-methyl/N-ethyl adjacent to an activating group) is 2. The maximum Gasteiger partial charge on any atom is 0.256 e. The molecule has 2 aromatic carbocycles. The zero-order valence-electron chi connectivity index (χ0n) is 22.3. The highest BCUT2D eigenvalue weighted by molar-refractivity contribution is 5.91. The van der Waals surface area contributed by atoms with E-state index in [0.717, 1.165) is 45.5 Å². The Labute approximate surface area is 217 Å². The molecule has 0 bridgehead atoms. The molecular weight excluding hydrogens is 473 g/mol. The third-order valence-electron chi connectivity index (χ3n) is 6.89. The summed E-state index contributed by atoms with van der Waals surface area (Å²) in [6.07, 6.45) is 0. The van der Waals surface area contributed by atoms with Crippen molar-refractivity contribution >= 4 is 28.4 Å². The van der Waals surface area contributed by atoms with Gasteiger partial charge in [-0.25, -0.2) is 9.40 Å². The molecule has 0 fully saturated rings. The molecule has 198 valence electrons. The maximum atomic E-state index is 13.7. The van der Waals surface area contributed by atoms with Gasteiger partial charge in [-0.3, -0.25) is 19.3 Å². The first kappa shape index (κ1) is 26.6. The normalized spacial score (nSPS) is 13.1. The Kier molecular flexibility index (Phi) is 8.09. The second-order valence-corrected chi connectivity index (χ2v) is 9.58. The molecule has 1 aliphatic heterocycles. The number of carbonyl (C=O) groups excluding carboxylic acids is 2. The van der Waals surface area contributed by atoms with E-state index in [2.05, 4.69) is 21.8 Å². The minimum atomic E-state index is -0.280. The Morgan fingerprint density at radius 2 is 1.84 bits per heavy atom. The highest BCUT2D eigenvalue weighted by Crippen LogP contribution is 2.29. The lowest BCUT2D eigenvalue weighted by Crippen LogP contribution is -2.48. The van der Waals surface area contributed by atoms with Crippen molar-refractivity contribution in [2.75, 3.05) is 44.7 Å². The number of aryl methyl sites for hydroxylation is 3. The molecule has 2 N–H and O–H groups in total. The zero-order valence-corrected chi connectivity index (χ0v) is 22.3. The largest absolute Gasteiger partial charge is 0.353 e. The summed E-state index contributed by atoms with van der Waals surface area (Å²) < 4.78 is 15.5. The van der Waals surface area contributed by atoms with Gasteiger partial charge in [0.2, 0.25) is 5.91 Å². The third-order valence-corrected chi connectivity index (χ3v) is 6.89. The Bertz CT molecular complexity index is 1310. The van der Waals surface area contributed by atoms with Gasteiger partial charge in [0.25, 0.3) is 5.91 Å². The summed E-state index contributed by atoms with van der Waals surface area (Å²) in [7, 11) is 3.61. The Balaban J connectivity index is 1.55. The molecule has 37 heavy (non-hydrogen) atoms. The summed E-state index contributed by atoms with van der Waals surface area (Å²) in [4.78, 5) is 28.1. The standard InChI is InChI=1S/C27H36FN7O2/c1-6-29-9-10-30-26(36)16-34(24-13-25-23(11-18(24)2)19(3)31-32(25)4)17-27(37)33(5)35-14-20-7-8-22(28)12-21(20)15-35/h7-8,11-13,29H,6,9-10,14-17H2,1-5H3,(H,30,36). The number of nitrogens with one attached hydrogen (secondary N) is 2. The topological polar surface area (TPSA) is 85.7 Å². The average molecular weight is 510 g/mol. The number of halogens is 1. The van der Waals surface area contributed by atoms with Crippen LogP contribution in [0.4, 0.5) is 10.1 Å². The molecule has 10 heteroatoms. The van der Waals surface area contributed by atoms with E-state index in [0.29, 0.717) is 26.2 Å². The van der Waals surface area contributed by atoms with Crippen LogP contribution in [0, 0.1) is 19.7 Å². The van der Waals surface area contributed by atoms with Crippen molar-refractivity contribution in [2.45, 2.75) is 33.9 Å². The highest BCUT2D eigenvalue weighted by atomic mass is 19.1. The lowest BCUT2D eigenvalue weighted by molar-refractivity contribution is -0.145. The van der Waals surface area contributed by atoms with Crippen LogP contribution in [0.1, 0.15) is 29.3 Å². The molecule has 0 saturated carbocycles. The third kappa shape index (κ3) is 5.91. The average Bonchev–Trinajstić information content (AvgIpc) is 3.40. The Morgan fingerprint density at radius 1 is 1.08 bits per heavy atom. The SMILES string of the molecule is CCNCCNC(=O)CN(CC(=O)N(C)N1Cc2ccc(F)cc2C1)c1cc2c(cc1C)c(C)nn2C. The van der Waals surface area contributed by atoms with Crippen LogP contribution < -0.4 is 15.5 Å². The molecule has 0 aliphatic carbocycles. The van der Waals surface area contributed by atoms with Crippen LogP contribution in [-0.4, -0.2) is 71.4 Å². The quantitative estimate of drug-likeness (QED) is 0.408. The van der Waals surface area contributed by atoms with E-state index in [1.807, 2.05) is 48.5 Å². The summed E-state index contributed by atoms with van der Waals surface area (Å²) in [6, 6.07) is 8.79. The minimum absolute atomic E-state index is 0.0154. The highest BCUT2D eigenvalue weighted by Gasteiger charge is 2.27. The number of benzene rings is 2. The monoisotopic (exact) mass is 509 g/mol. The van der Waals surface area contributed by atoms with Crippen molar-refractivity contribution in [1.82, 2.24) is 30.4 Å². The number of fused-ring (bicyclic) bond motifs is 2. The zero-order chi connectivity index (χ0) is 26.7. The van der Waals surface area contributed by atoms with Crippen LogP contribution in [0.2, 0.25) is 0 Å². The van der Waals surface area contributed by atoms with E-state index >= 15 is 0 Å². The van der Waals surface area contributed by atoms with Gasteiger partial charge in [0.1, 0.15) is 5.82 Å². The van der Waals surface area contributed by atoms with E-state index in [-0.39, 0.29) is 30.7 Å². The van der Waals surface area contributed by atoms with Gasteiger partial charge < -0.3 is 15.5 Å². The number of amides is 2. The summed E-state index contributed by atoms with van der Waals surface area (Å²) in [5.74, 6) is -0.593. The molecule has 0 unspecified atom stereocenters. The predicted octanol–water partition coefficient (Wildman–Crippen LogP) is 2.25. The fourth-order valence-corrected chi connectivity index (χ4v) is 4.82. The molecule has 1 aliphatic rings. The number of hydrogen-bond donors (Lipinski definition) is 2. The molecule has 0 radical (unpaired) electrons. The van der Waals surface area contributed by atoms with Crippen molar-refractivity contribution in [3.8, 4) is 0 Å². The number of rotatable bonds is 10. The lowest BCUT2D eigenvalue weighted by Gasteiger charge is -2.32. The summed E-state index contributed by atoms with van der Waals surface area (Å²) in [5.41, 5.74) is 5.53. The Morgan fingerprint density at radius 3 is 2.59 bits per heavy atom. The van der Waals surface area contributed by atoms with Gasteiger partial charge >= 0.3 is 0 Å². The number of anilines is 1.